The number of hydrogen-bond donors (Lipinski definition) is 1. The van der Waals surface area contributed by atoms with Gasteiger partial charge in [0.15, 0.2) is 0 Å². The van der Waals surface area contributed by atoms with Gasteiger partial charge in [0.05, 0.1) is 6.04 Å². The van der Waals surface area contributed by atoms with Crippen LogP contribution in [-0.4, -0.2) is 6.54 Å². The summed E-state index contributed by atoms with van der Waals surface area (Å²) in [7, 11) is 0. The molecule has 2 rings (SSSR count). The quantitative estimate of drug-likeness (QED) is 0.762. The topological polar surface area (TPSA) is 12.0 Å². The van der Waals surface area contributed by atoms with Gasteiger partial charge in [0.25, 0.3) is 0 Å². The summed E-state index contributed by atoms with van der Waals surface area (Å²) in [5.74, 6) is -0.235. The predicted octanol–water partition coefficient (Wildman–Crippen LogP) is 5.53. The second-order valence-corrected chi connectivity index (χ2v) is 6.02. The molecule has 1 N–H and O–H groups in total. The normalized spacial score (nSPS) is 12.4. The Kier molecular flexibility index (Phi) is 5.63. The van der Waals surface area contributed by atoms with Crippen molar-refractivity contribution in [3.63, 3.8) is 0 Å². The van der Waals surface area contributed by atoms with Gasteiger partial charge in [-0.1, -0.05) is 36.2 Å². The van der Waals surface area contributed by atoms with Gasteiger partial charge >= 0.3 is 0 Å². The summed E-state index contributed by atoms with van der Waals surface area (Å²) in [6.45, 7) is 4.80. The van der Waals surface area contributed by atoms with Gasteiger partial charge in [0, 0.05) is 10.0 Å². The van der Waals surface area contributed by atoms with Crippen molar-refractivity contribution in [3.8, 4) is 0 Å². The molecule has 0 aromatic heterocycles. The number of halogens is 3. The molecular formula is C17H18Cl2FN. The van der Waals surface area contributed by atoms with E-state index in [2.05, 4.69) is 12.2 Å². The van der Waals surface area contributed by atoms with Crippen molar-refractivity contribution >= 4 is 23.2 Å². The molecule has 1 unspecified atom stereocenters. The molecular weight excluding hydrogens is 308 g/mol. The first kappa shape index (κ1) is 16.3. The lowest BCUT2D eigenvalue weighted by atomic mass is 9.97. The second kappa shape index (κ2) is 7.26. The Morgan fingerprint density at radius 1 is 1.00 bits per heavy atom. The summed E-state index contributed by atoms with van der Waals surface area (Å²) < 4.78 is 13.7. The zero-order valence-electron chi connectivity index (χ0n) is 12.1. The van der Waals surface area contributed by atoms with Crippen molar-refractivity contribution in [1.82, 2.24) is 5.32 Å². The highest BCUT2D eigenvalue weighted by molar-refractivity contribution is 6.34. The SMILES string of the molecule is CCCNC(c1cc(C)cc(F)c1)c1cc(Cl)cc(Cl)c1. The molecule has 4 heteroatoms. The molecule has 2 aromatic rings. The Hall–Kier alpha value is -1.09. The molecule has 0 radical (unpaired) electrons. The standard InChI is InChI=1S/C17H18Cl2FN/c1-3-4-21-17(12-5-11(2)6-16(20)9-12)13-7-14(18)10-15(19)8-13/h5-10,17,21H,3-4H2,1-2H3. The van der Waals surface area contributed by atoms with Crippen molar-refractivity contribution in [2.75, 3.05) is 6.54 Å². The maximum absolute atomic E-state index is 13.7. The summed E-state index contributed by atoms with van der Waals surface area (Å²) in [5, 5.41) is 4.58. The van der Waals surface area contributed by atoms with Crippen LogP contribution in [0.5, 0.6) is 0 Å². The minimum absolute atomic E-state index is 0.129. The molecule has 0 amide bonds. The summed E-state index contributed by atoms with van der Waals surface area (Å²) >= 11 is 12.2. The fraction of sp³-hybridized carbons (Fsp3) is 0.294. The lowest BCUT2D eigenvalue weighted by Gasteiger charge is -2.21. The van der Waals surface area contributed by atoms with Gasteiger partial charge in [0.1, 0.15) is 5.82 Å². The maximum Gasteiger partial charge on any atom is 0.123 e. The highest BCUT2D eigenvalue weighted by Crippen LogP contribution is 2.29. The van der Waals surface area contributed by atoms with E-state index in [1.807, 2.05) is 25.1 Å². The zero-order chi connectivity index (χ0) is 15.4. The fourth-order valence-corrected chi connectivity index (χ4v) is 2.93. The third-order valence-corrected chi connectivity index (χ3v) is 3.65. The Bertz CT molecular complexity index is 536. The third kappa shape index (κ3) is 4.44. The first-order valence-electron chi connectivity index (χ1n) is 6.96. The molecule has 0 aliphatic carbocycles. The van der Waals surface area contributed by atoms with Crippen molar-refractivity contribution in [2.24, 2.45) is 0 Å². The highest BCUT2D eigenvalue weighted by Gasteiger charge is 2.16. The monoisotopic (exact) mass is 325 g/mol. The van der Waals surface area contributed by atoms with Crippen LogP contribution in [0.4, 0.5) is 4.39 Å². The van der Waals surface area contributed by atoms with E-state index in [1.54, 1.807) is 12.1 Å². The molecule has 0 fully saturated rings. The van der Waals surface area contributed by atoms with Gasteiger partial charge in [-0.05, 0) is 66.9 Å². The van der Waals surface area contributed by atoms with E-state index in [0.717, 1.165) is 29.7 Å². The predicted molar refractivity (Wildman–Crippen MR) is 87.7 cm³/mol. The van der Waals surface area contributed by atoms with Gasteiger partial charge in [-0.25, -0.2) is 4.39 Å². The lowest BCUT2D eigenvalue weighted by molar-refractivity contribution is 0.584. The van der Waals surface area contributed by atoms with Gasteiger partial charge in [-0.15, -0.1) is 0 Å². The van der Waals surface area contributed by atoms with Gasteiger partial charge in [0.2, 0.25) is 0 Å². The summed E-state index contributed by atoms with van der Waals surface area (Å²) in [4.78, 5) is 0. The fourth-order valence-electron chi connectivity index (χ4n) is 2.39. The van der Waals surface area contributed by atoms with E-state index >= 15 is 0 Å². The Morgan fingerprint density at radius 2 is 1.62 bits per heavy atom. The van der Waals surface area contributed by atoms with E-state index in [-0.39, 0.29) is 11.9 Å². The molecule has 0 aliphatic heterocycles. The van der Waals surface area contributed by atoms with E-state index in [4.69, 9.17) is 23.2 Å². The number of benzene rings is 2. The molecule has 0 aliphatic rings. The number of rotatable bonds is 5. The van der Waals surface area contributed by atoms with Crippen LogP contribution in [0.3, 0.4) is 0 Å². The molecule has 1 atom stereocenters. The smallest absolute Gasteiger partial charge is 0.123 e. The Labute approximate surface area is 135 Å². The first-order chi connectivity index (χ1) is 9.99. The summed E-state index contributed by atoms with van der Waals surface area (Å²) in [6, 6.07) is 10.3. The van der Waals surface area contributed by atoms with E-state index in [1.165, 1.54) is 6.07 Å². The molecule has 0 heterocycles. The van der Waals surface area contributed by atoms with Gasteiger partial charge in [-0.2, -0.15) is 0 Å². The molecule has 0 spiro atoms. The number of nitrogens with one attached hydrogen (secondary N) is 1. The molecule has 0 bridgehead atoms. The van der Waals surface area contributed by atoms with Crippen molar-refractivity contribution in [2.45, 2.75) is 26.3 Å². The van der Waals surface area contributed by atoms with Gasteiger partial charge < -0.3 is 5.32 Å². The van der Waals surface area contributed by atoms with Crippen LogP contribution >= 0.6 is 23.2 Å². The maximum atomic E-state index is 13.7. The van der Waals surface area contributed by atoms with E-state index < -0.39 is 0 Å². The van der Waals surface area contributed by atoms with Crippen LogP contribution < -0.4 is 5.32 Å². The first-order valence-corrected chi connectivity index (χ1v) is 7.71. The van der Waals surface area contributed by atoms with Crippen LogP contribution in [0.2, 0.25) is 10.0 Å². The minimum Gasteiger partial charge on any atom is -0.306 e. The largest absolute Gasteiger partial charge is 0.306 e. The molecule has 21 heavy (non-hydrogen) atoms. The van der Waals surface area contributed by atoms with Crippen LogP contribution in [0.15, 0.2) is 36.4 Å². The molecule has 0 saturated carbocycles. The van der Waals surface area contributed by atoms with Crippen LogP contribution in [-0.2, 0) is 0 Å². The lowest BCUT2D eigenvalue weighted by Crippen LogP contribution is -2.23. The molecule has 112 valence electrons. The third-order valence-electron chi connectivity index (χ3n) is 3.21. The van der Waals surface area contributed by atoms with Crippen molar-refractivity contribution < 1.29 is 4.39 Å². The molecule has 0 saturated heterocycles. The molecule has 1 nitrogen and oxygen atoms in total. The average molecular weight is 326 g/mol. The van der Waals surface area contributed by atoms with E-state index in [0.29, 0.717) is 10.0 Å². The van der Waals surface area contributed by atoms with Crippen LogP contribution in [0, 0.1) is 12.7 Å². The minimum atomic E-state index is -0.235. The summed E-state index contributed by atoms with van der Waals surface area (Å²) in [6.07, 6.45) is 0.985. The number of aryl methyl sites for hydroxylation is 1. The highest BCUT2D eigenvalue weighted by atomic mass is 35.5. The number of hydrogen-bond acceptors (Lipinski definition) is 1. The van der Waals surface area contributed by atoms with Crippen molar-refractivity contribution in [1.29, 1.82) is 0 Å². The van der Waals surface area contributed by atoms with Crippen molar-refractivity contribution in [3.05, 3.63) is 69.0 Å². The zero-order valence-corrected chi connectivity index (χ0v) is 13.6. The Morgan fingerprint density at radius 3 is 2.19 bits per heavy atom. The van der Waals surface area contributed by atoms with Gasteiger partial charge in [-0.3, -0.25) is 0 Å². The second-order valence-electron chi connectivity index (χ2n) is 5.15. The molecule has 2 aromatic carbocycles. The van der Waals surface area contributed by atoms with E-state index in [9.17, 15) is 4.39 Å². The average Bonchev–Trinajstić information content (AvgIpc) is 2.37. The Balaban J connectivity index is 2.46. The van der Waals surface area contributed by atoms with Crippen LogP contribution in [0.25, 0.3) is 0 Å². The van der Waals surface area contributed by atoms with Crippen LogP contribution in [0.1, 0.15) is 36.1 Å². The summed E-state index contributed by atoms with van der Waals surface area (Å²) in [5.41, 5.74) is 2.70.